The Balaban J connectivity index is 1.29. The molecular weight excluding hydrogens is 508 g/mol. The van der Waals surface area contributed by atoms with Crippen LogP contribution in [-0.2, 0) is 0 Å². The summed E-state index contributed by atoms with van der Waals surface area (Å²) in [5.41, 5.74) is 9.34. The van der Waals surface area contributed by atoms with E-state index in [0.29, 0.717) is 0 Å². The zero-order chi connectivity index (χ0) is 27.9. The Bertz CT molecular complexity index is 2180. The fraction of sp³-hybridized carbons (Fsp3) is 0. The second kappa shape index (κ2) is 10.1. The lowest BCUT2D eigenvalue weighted by molar-refractivity contribution is 1.30. The molecule has 2 heteroatoms. The molecular formula is C40H26N2. The molecule has 0 fully saturated rings. The average molecular weight is 535 g/mol. The molecule has 0 aliphatic rings. The maximum absolute atomic E-state index is 4.53. The molecule has 2 aromatic heterocycles. The summed E-state index contributed by atoms with van der Waals surface area (Å²) in [6, 6.07) is 48.2. The predicted molar refractivity (Wildman–Crippen MR) is 176 cm³/mol. The van der Waals surface area contributed by atoms with Crippen LogP contribution in [0, 0.1) is 0 Å². The number of nitrogens with zero attached hydrogens (tertiary/aromatic N) is 2. The predicted octanol–water partition coefficient (Wildman–Crippen LogP) is 10.6. The minimum atomic E-state index is 1.06. The molecule has 42 heavy (non-hydrogen) atoms. The molecule has 0 saturated carbocycles. The van der Waals surface area contributed by atoms with Crippen molar-refractivity contribution in [3.63, 3.8) is 0 Å². The van der Waals surface area contributed by atoms with E-state index in [2.05, 4.69) is 137 Å². The first kappa shape index (κ1) is 24.2. The minimum Gasteiger partial charge on any atom is -0.264 e. The summed E-state index contributed by atoms with van der Waals surface area (Å²) in [4.78, 5) is 8.80. The van der Waals surface area contributed by atoms with Crippen molar-refractivity contribution < 1.29 is 0 Å². The Morgan fingerprint density at radius 1 is 0.310 bits per heavy atom. The maximum Gasteiger partial charge on any atom is 0.0347 e. The number of rotatable bonds is 4. The molecule has 8 rings (SSSR count). The van der Waals surface area contributed by atoms with Crippen molar-refractivity contribution in [2.45, 2.75) is 0 Å². The molecule has 196 valence electrons. The van der Waals surface area contributed by atoms with Crippen LogP contribution in [0.15, 0.2) is 158 Å². The van der Waals surface area contributed by atoms with Gasteiger partial charge in [-0.05, 0) is 78.3 Å². The van der Waals surface area contributed by atoms with Gasteiger partial charge in [0.25, 0.3) is 0 Å². The first-order valence-corrected chi connectivity index (χ1v) is 14.2. The van der Waals surface area contributed by atoms with Crippen LogP contribution in [0.3, 0.4) is 0 Å². The van der Waals surface area contributed by atoms with Gasteiger partial charge >= 0.3 is 0 Å². The Morgan fingerprint density at radius 3 is 1.48 bits per heavy atom. The highest BCUT2D eigenvalue weighted by atomic mass is 14.6. The Morgan fingerprint density at radius 2 is 0.833 bits per heavy atom. The number of hydrogen-bond acceptors (Lipinski definition) is 2. The van der Waals surface area contributed by atoms with E-state index in [1.807, 2.05) is 24.7 Å². The van der Waals surface area contributed by atoms with Gasteiger partial charge in [0.1, 0.15) is 0 Å². The lowest BCUT2D eigenvalue weighted by Gasteiger charge is -2.18. The van der Waals surface area contributed by atoms with Gasteiger partial charge in [-0.1, -0.05) is 115 Å². The zero-order valence-corrected chi connectivity index (χ0v) is 22.9. The summed E-state index contributed by atoms with van der Waals surface area (Å²) in [5.74, 6) is 0. The van der Waals surface area contributed by atoms with E-state index >= 15 is 0 Å². The van der Waals surface area contributed by atoms with Gasteiger partial charge in [-0.15, -0.1) is 0 Å². The molecule has 0 aliphatic heterocycles. The number of aromatic nitrogens is 2. The van der Waals surface area contributed by atoms with Crippen LogP contribution < -0.4 is 0 Å². The Kier molecular flexibility index (Phi) is 5.82. The smallest absolute Gasteiger partial charge is 0.0347 e. The molecule has 0 bridgehead atoms. The van der Waals surface area contributed by atoms with Gasteiger partial charge in [0.15, 0.2) is 0 Å². The molecule has 8 aromatic rings. The normalized spacial score (nSPS) is 11.3. The van der Waals surface area contributed by atoms with Crippen molar-refractivity contribution >= 4 is 32.3 Å². The van der Waals surface area contributed by atoms with Gasteiger partial charge in [-0.2, -0.15) is 0 Å². The fourth-order valence-corrected chi connectivity index (χ4v) is 6.21. The quantitative estimate of drug-likeness (QED) is 0.210. The summed E-state index contributed by atoms with van der Waals surface area (Å²) in [6.45, 7) is 0. The number of benzene rings is 6. The highest BCUT2D eigenvalue weighted by Gasteiger charge is 2.17. The van der Waals surface area contributed by atoms with Crippen molar-refractivity contribution in [2.75, 3.05) is 0 Å². The summed E-state index contributed by atoms with van der Waals surface area (Å²) < 4.78 is 0. The number of pyridine rings is 2. The molecule has 6 aromatic carbocycles. The molecule has 0 radical (unpaired) electrons. The van der Waals surface area contributed by atoms with E-state index in [4.69, 9.17) is 0 Å². The fourth-order valence-electron chi connectivity index (χ4n) is 6.21. The van der Waals surface area contributed by atoms with E-state index in [-0.39, 0.29) is 0 Å². The van der Waals surface area contributed by atoms with Crippen LogP contribution in [0.25, 0.3) is 76.8 Å². The highest BCUT2D eigenvalue weighted by molar-refractivity contribution is 6.21. The molecule has 0 amide bonds. The second-order valence-corrected chi connectivity index (χ2v) is 10.7. The lowest BCUT2D eigenvalue weighted by atomic mass is 9.85. The van der Waals surface area contributed by atoms with E-state index in [1.165, 1.54) is 54.6 Å². The monoisotopic (exact) mass is 534 g/mol. The molecule has 0 N–H and O–H groups in total. The third-order valence-corrected chi connectivity index (χ3v) is 8.21. The van der Waals surface area contributed by atoms with E-state index in [9.17, 15) is 0 Å². The summed E-state index contributed by atoms with van der Waals surface area (Å²) in [6.07, 6.45) is 7.49. The van der Waals surface area contributed by atoms with Crippen molar-refractivity contribution in [1.29, 1.82) is 0 Å². The van der Waals surface area contributed by atoms with E-state index in [1.54, 1.807) is 6.20 Å². The van der Waals surface area contributed by atoms with Crippen LogP contribution in [-0.4, -0.2) is 9.97 Å². The Hall–Kier alpha value is -5.60. The number of hydrogen-bond donors (Lipinski definition) is 0. The molecule has 2 heterocycles. The summed E-state index contributed by atoms with van der Waals surface area (Å²) >= 11 is 0. The topological polar surface area (TPSA) is 25.8 Å². The standard InChI is InChI=1S/C40H26N2/c1-2-9-30-22-31(20-17-27(30)8-1)40-37-13-5-3-11-35(37)39(36-12-4-6-14-38(36)40)29-18-15-28(16-19-29)33-23-34(26-42-25-33)32-10-7-21-41-24-32/h1-26H. The second-order valence-electron chi connectivity index (χ2n) is 10.7. The van der Waals surface area contributed by atoms with Gasteiger partial charge in [-0.3, -0.25) is 9.97 Å². The van der Waals surface area contributed by atoms with Gasteiger partial charge in [0.05, 0.1) is 0 Å². The molecule has 0 spiro atoms. The SMILES string of the molecule is c1cncc(-c2cncc(-c3ccc(-c4c5ccccc5c(-c5ccc6ccccc6c5)c5ccccc45)cc3)c2)c1. The number of fused-ring (bicyclic) bond motifs is 3. The van der Waals surface area contributed by atoms with Crippen LogP contribution >= 0.6 is 0 Å². The third kappa shape index (κ3) is 4.13. The zero-order valence-electron chi connectivity index (χ0n) is 22.9. The molecule has 0 saturated heterocycles. The lowest BCUT2D eigenvalue weighted by Crippen LogP contribution is -1.91. The molecule has 0 atom stereocenters. The third-order valence-electron chi connectivity index (χ3n) is 8.21. The summed E-state index contributed by atoms with van der Waals surface area (Å²) in [5, 5.41) is 7.55. The molecule has 0 unspecified atom stereocenters. The average Bonchev–Trinajstić information content (AvgIpc) is 3.07. The van der Waals surface area contributed by atoms with Crippen molar-refractivity contribution in [1.82, 2.24) is 9.97 Å². The molecule has 2 nitrogen and oxygen atoms in total. The summed E-state index contributed by atoms with van der Waals surface area (Å²) in [7, 11) is 0. The van der Waals surface area contributed by atoms with Gasteiger partial charge in [-0.25, -0.2) is 0 Å². The highest BCUT2D eigenvalue weighted by Crippen LogP contribution is 2.44. The minimum absolute atomic E-state index is 1.06. The van der Waals surface area contributed by atoms with Crippen LogP contribution in [0.5, 0.6) is 0 Å². The van der Waals surface area contributed by atoms with E-state index in [0.717, 1.165) is 22.3 Å². The van der Waals surface area contributed by atoms with Crippen molar-refractivity contribution in [3.05, 3.63) is 158 Å². The van der Waals surface area contributed by atoms with Gasteiger partial charge in [0, 0.05) is 41.5 Å². The van der Waals surface area contributed by atoms with Gasteiger partial charge < -0.3 is 0 Å². The van der Waals surface area contributed by atoms with Crippen molar-refractivity contribution in [3.8, 4) is 44.5 Å². The van der Waals surface area contributed by atoms with Crippen LogP contribution in [0.2, 0.25) is 0 Å². The first-order chi connectivity index (χ1) is 20.8. The van der Waals surface area contributed by atoms with Crippen LogP contribution in [0.4, 0.5) is 0 Å². The Labute approximate surface area is 244 Å². The van der Waals surface area contributed by atoms with Crippen LogP contribution in [0.1, 0.15) is 0 Å². The first-order valence-electron chi connectivity index (χ1n) is 14.2. The van der Waals surface area contributed by atoms with E-state index < -0.39 is 0 Å². The van der Waals surface area contributed by atoms with Gasteiger partial charge in [0.2, 0.25) is 0 Å². The largest absolute Gasteiger partial charge is 0.264 e. The maximum atomic E-state index is 4.53. The molecule has 0 aliphatic carbocycles. The van der Waals surface area contributed by atoms with Crippen molar-refractivity contribution in [2.24, 2.45) is 0 Å².